The van der Waals surface area contributed by atoms with Crippen LogP contribution in [0.2, 0.25) is 0 Å². The zero-order chi connectivity index (χ0) is 17.2. The maximum Gasteiger partial charge on any atom is 0.250 e. The highest BCUT2D eigenvalue weighted by Gasteiger charge is 2.55. The van der Waals surface area contributed by atoms with Gasteiger partial charge in [-0.3, -0.25) is 0 Å². The first-order valence-electron chi connectivity index (χ1n) is 8.32. The molecule has 3 heterocycles. The highest BCUT2D eigenvalue weighted by atomic mass is 32.2. The molecule has 8 heteroatoms. The van der Waals surface area contributed by atoms with Gasteiger partial charge in [-0.1, -0.05) is 6.92 Å². The molecule has 2 fully saturated rings. The molecule has 3 rings (SSSR count). The van der Waals surface area contributed by atoms with E-state index in [0.717, 1.165) is 6.42 Å². The van der Waals surface area contributed by atoms with Crippen molar-refractivity contribution in [1.82, 2.24) is 9.29 Å². The molecule has 0 saturated carbocycles. The Kier molecular flexibility index (Phi) is 5.08. The van der Waals surface area contributed by atoms with E-state index < -0.39 is 21.4 Å². The summed E-state index contributed by atoms with van der Waals surface area (Å²) >= 11 is 0. The van der Waals surface area contributed by atoms with E-state index in [4.69, 9.17) is 9.47 Å². The van der Waals surface area contributed by atoms with Crippen LogP contribution in [0.3, 0.4) is 0 Å². The van der Waals surface area contributed by atoms with Gasteiger partial charge in [-0.2, -0.15) is 4.31 Å². The lowest BCUT2D eigenvalue weighted by Crippen LogP contribution is -2.66. The SMILES string of the molecule is CCCS(=O)(=O)N1CC2(C1)OCC[C@@H]2CCOc1ncccc1F. The van der Waals surface area contributed by atoms with Gasteiger partial charge in [-0.25, -0.2) is 17.8 Å². The van der Waals surface area contributed by atoms with Crippen LogP contribution < -0.4 is 4.74 Å². The first-order chi connectivity index (χ1) is 11.5. The first-order valence-corrected chi connectivity index (χ1v) is 9.93. The average molecular weight is 358 g/mol. The Morgan fingerprint density at radius 3 is 3.00 bits per heavy atom. The number of ether oxygens (including phenoxy) is 2. The fourth-order valence-corrected chi connectivity index (χ4v) is 5.06. The average Bonchev–Trinajstić information content (AvgIpc) is 2.91. The highest BCUT2D eigenvalue weighted by Crippen LogP contribution is 2.42. The largest absolute Gasteiger partial charge is 0.476 e. The van der Waals surface area contributed by atoms with Crippen LogP contribution in [-0.2, 0) is 14.8 Å². The molecule has 1 spiro atoms. The van der Waals surface area contributed by atoms with Gasteiger partial charge in [-0.05, 0) is 37.3 Å². The summed E-state index contributed by atoms with van der Waals surface area (Å²) in [5.41, 5.74) is -0.396. The zero-order valence-corrected chi connectivity index (χ0v) is 14.6. The third-order valence-electron chi connectivity index (χ3n) is 4.77. The molecule has 0 bridgehead atoms. The van der Waals surface area contributed by atoms with Gasteiger partial charge >= 0.3 is 0 Å². The van der Waals surface area contributed by atoms with E-state index in [1.54, 1.807) is 0 Å². The van der Waals surface area contributed by atoms with E-state index in [1.807, 2.05) is 6.92 Å². The van der Waals surface area contributed by atoms with Crippen molar-refractivity contribution in [3.05, 3.63) is 24.1 Å². The van der Waals surface area contributed by atoms with Crippen molar-refractivity contribution in [2.75, 3.05) is 32.1 Å². The van der Waals surface area contributed by atoms with Crippen molar-refractivity contribution in [2.24, 2.45) is 5.92 Å². The molecular weight excluding hydrogens is 335 g/mol. The van der Waals surface area contributed by atoms with Crippen molar-refractivity contribution in [3.63, 3.8) is 0 Å². The predicted octanol–water partition coefficient (Wildman–Crippen LogP) is 1.82. The Hall–Kier alpha value is -1.25. The Morgan fingerprint density at radius 2 is 2.29 bits per heavy atom. The van der Waals surface area contributed by atoms with Crippen molar-refractivity contribution in [1.29, 1.82) is 0 Å². The fourth-order valence-electron chi connectivity index (χ4n) is 3.45. The van der Waals surface area contributed by atoms with Crippen molar-refractivity contribution in [3.8, 4) is 5.88 Å². The minimum atomic E-state index is -3.17. The van der Waals surface area contributed by atoms with Crippen LogP contribution >= 0.6 is 0 Å². The van der Waals surface area contributed by atoms with Gasteiger partial charge in [0, 0.05) is 25.9 Å². The molecule has 0 aliphatic carbocycles. The third-order valence-corrected chi connectivity index (χ3v) is 6.74. The number of nitrogens with zero attached hydrogens (tertiary/aromatic N) is 2. The number of halogens is 1. The second kappa shape index (κ2) is 6.93. The van der Waals surface area contributed by atoms with Gasteiger partial charge in [-0.15, -0.1) is 0 Å². The molecule has 6 nitrogen and oxygen atoms in total. The normalized spacial score (nSPS) is 23.3. The lowest BCUT2D eigenvalue weighted by molar-refractivity contribution is -0.104. The fraction of sp³-hybridized carbons (Fsp3) is 0.688. The van der Waals surface area contributed by atoms with Gasteiger partial charge < -0.3 is 9.47 Å². The van der Waals surface area contributed by atoms with E-state index in [0.29, 0.717) is 39.1 Å². The summed E-state index contributed by atoms with van der Waals surface area (Å²) in [6, 6.07) is 2.83. The summed E-state index contributed by atoms with van der Waals surface area (Å²) in [4.78, 5) is 3.86. The summed E-state index contributed by atoms with van der Waals surface area (Å²) in [6.07, 6.45) is 3.66. The Morgan fingerprint density at radius 1 is 1.50 bits per heavy atom. The molecule has 0 unspecified atom stereocenters. The molecule has 0 amide bonds. The summed E-state index contributed by atoms with van der Waals surface area (Å²) < 4.78 is 50.5. The van der Waals surface area contributed by atoms with Crippen LogP contribution in [0.1, 0.15) is 26.2 Å². The van der Waals surface area contributed by atoms with Crippen molar-refractivity contribution < 1.29 is 22.3 Å². The summed E-state index contributed by atoms with van der Waals surface area (Å²) in [5.74, 6) is -0.0746. The van der Waals surface area contributed by atoms with Crippen LogP contribution in [0.4, 0.5) is 4.39 Å². The molecule has 134 valence electrons. The topological polar surface area (TPSA) is 68.7 Å². The molecule has 0 radical (unpaired) electrons. The van der Waals surface area contributed by atoms with Crippen LogP contribution in [0, 0.1) is 11.7 Å². The van der Waals surface area contributed by atoms with E-state index >= 15 is 0 Å². The molecule has 1 atom stereocenters. The predicted molar refractivity (Wildman–Crippen MR) is 86.7 cm³/mol. The van der Waals surface area contributed by atoms with Crippen LogP contribution in [0.5, 0.6) is 5.88 Å². The zero-order valence-electron chi connectivity index (χ0n) is 13.8. The van der Waals surface area contributed by atoms with Crippen molar-refractivity contribution >= 4 is 10.0 Å². The Balaban J connectivity index is 1.53. The number of hydrogen-bond acceptors (Lipinski definition) is 5. The standard InChI is InChI=1S/C16H23FN2O4S/c1-2-10-24(20,21)19-11-16(12-19)13(6-9-23-16)5-8-22-15-14(17)4-3-7-18-15/h3-4,7,13H,2,5-6,8-12H2,1H3/t13-/m0/s1. The summed E-state index contributed by atoms with van der Waals surface area (Å²) in [6.45, 7) is 3.65. The van der Waals surface area contributed by atoms with E-state index in [1.165, 1.54) is 22.6 Å². The van der Waals surface area contributed by atoms with Crippen LogP contribution in [0.15, 0.2) is 18.3 Å². The smallest absolute Gasteiger partial charge is 0.250 e. The van der Waals surface area contributed by atoms with Gasteiger partial charge in [0.05, 0.1) is 18.0 Å². The second-order valence-electron chi connectivity index (χ2n) is 6.41. The third kappa shape index (κ3) is 3.41. The van der Waals surface area contributed by atoms with E-state index in [-0.39, 0.29) is 17.6 Å². The van der Waals surface area contributed by atoms with Gasteiger partial charge in [0.1, 0.15) is 0 Å². The number of rotatable bonds is 7. The maximum absolute atomic E-state index is 13.5. The van der Waals surface area contributed by atoms with E-state index in [9.17, 15) is 12.8 Å². The lowest BCUT2D eigenvalue weighted by Gasteiger charge is -2.49. The molecular formula is C16H23FN2O4S. The number of sulfonamides is 1. The van der Waals surface area contributed by atoms with Gasteiger partial charge in [0.2, 0.25) is 15.9 Å². The molecule has 0 aromatic carbocycles. The van der Waals surface area contributed by atoms with Gasteiger partial charge in [0.25, 0.3) is 0 Å². The quantitative estimate of drug-likeness (QED) is 0.744. The van der Waals surface area contributed by atoms with Crippen LogP contribution in [-0.4, -0.2) is 55.4 Å². The van der Waals surface area contributed by atoms with Crippen LogP contribution in [0.25, 0.3) is 0 Å². The Bertz CT molecular complexity index is 676. The molecule has 2 aliphatic rings. The summed E-state index contributed by atoms with van der Waals surface area (Å²) in [5, 5.41) is 0. The molecule has 24 heavy (non-hydrogen) atoms. The molecule has 1 aromatic rings. The number of aromatic nitrogens is 1. The monoisotopic (exact) mass is 358 g/mol. The maximum atomic E-state index is 13.5. The van der Waals surface area contributed by atoms with Gasteiger partial charge in [0.15, 0.2) is 5.82 Å². The first kappa shape index (κ1) is 17.6. The molecule has 2 aliphatic heterocycles. The summed E-state index contributed by atoms with van der Waals surface area (Å²) in [7, 11) is -3.17. The highest BCUT2D eigenvalue weighted by molar-refractivity contribution is 7.89. The number of hydrogen-bond donors (Lipinski definition) is 0. The number of pyridine rings is 1. The Labute approximate surface area is 142 Å². The molecule has 1 aromatic heterocycles. The second-order valence-corrected chi connectivity index (χ2v) is 8.50. The minimum Gasteiger partial charge on any atom is -0.476 e. The van der Waals surface area contributed by atoms with Crippen molar-refractivity contribution in [2.45, 2.75) is 31.8 Å². The molecule has 2 saturated heterocycles. The van der Waals surface area contributed by atoms with E-state index in [2.05, 4.69) is 4.98 Å². The molecule has 0 N–H and O–H groups in total. The lowest BCUT2D eigenvalue weighted by atomic mass is 9.80. The minimum absolute atomic E-state index is 0.00576.